The SMILES string of the molecule is Cc1ccc(N2CC(=O)c3c(F)cccc3N(Cc3c(F)cc(Br)cc3F)C2)cc1C(C)(F)F. The number of Topliss-reactive ketones (excluding diaryl/α,β-unsaturated/α-hetero) is 1. The Balaban J connectivity index is 1.81. The summed E-state index contributed by atoms with van der Waals surface area (Å²) < 4.78 is 72.4. The van der Waals surface area contributed by atoms with Gasteiger partial charge in [0.2, 0.25) is 0 Å². The van der Waals surface area contributed by atoms with E-state index in [1.54, 1.807) is 13.0 Å². The van der Waals surface area contributed by atoms with Gasteiger partial charge in [0.25, 0.3) is 5.92 Å². The molecular formula is C25H20BrF5N2O. The van der Waals surface area contributed by atoms with Gasteiger partial charge in [-0.15, -0.1) is 0 Å². The van der Waals surface area contributed by atoms with Crippen molar-refractivity contribution >= 4 is 33.1 Å². The van der Waals surface area contributed by atoms with E-state index in [0.717, 1.165) is 25.1 Å². The second kappa shape index (κ2) is 9.02. The van der Waals surface area contributed by atoms with Gasteiger partial charge in [0, 0.05) is 28.2 Å². The van der Waals surface area contributed by atoms with Gasteiger partial charge in [0.1, 0.15) is 17.5 Å². The molecule has 3 nitrogen and oxygen atoms in total. The molecule has 3 aromatic carbocycles. The summed E-state index contributed by atoms with van der Waals surface area (Å²) >= 11 is 3.04. The van der Waals surface area contributed by atoms with Gasteiger partial charge in [-0.05, 0) is 48.9 Å². The standard InChI is InChI=1S/C25H20BrF5N2O/c1-14-6-7-16(10-18(14)25(2,30)31)32-12-23(34)24-19(27)4-3-5-22(24)33(13-32)11-17-20(28)8-15(26)9-21(17)29/h3-10H,11-13H2,1-2H3. The number of fused-ring (bicyclic) bond motifs is 1. The maximum absolute atomic E-state index is 14.7. The summed E-state index contributed by atoms with van der Waals surface area (Å²) in [4.78, 5) is 16.0. The molecule has 9 heteroatoms. The van der Waals surface area contributed by atoms with Crippen molar-refractivity contribution in [2.45, 2.75) is 26.3 Å². The van der Waals surface area contributed by atoms with Crippen LogP contribution in [0.25, 0.3) is 0 Å². The molecule has 1 aliphatic rings. The summed E-state index contributed by atoms with van der Waals surface area (Å²) in [5, 5.41) is 0. The maximum Gasteiger partial charge on any atom is 0.270 e. The molecule has 0 aliphatic carbocycles. The minimum absolute atomic E-state index is 0.0884. The van der Waals surface area contributed by atoms with Gasteiger partial charge in [-0.2, -0.15) is 0 Å². The van der Waals surface area contributed by atoms with Crippen LogP contribution in [0.1, 0.15) is 34.0 Å². The topological polar surface area (TPSA) is 23.6 Å². The predicted molar refractivity (Wildman–Crippen MR) is 124 cm³/mol. The first kappa shape index (κ1) is 24.2. The zero-order valence-electron chi connectivity index (χ0n) is 18.3. The molecule has 0 bridgehead atoms. The molecule has 1 aliphatic heterocycles. The van der Waals surface area contributed by atoms with Gasteiger partial charge in [-0.3, -0.25) is 4.79 Å². The van der Waals surface area contributed by atoms with Crippen molar-refractivity contribution in [3.05, 3.63) is 92.7 Å². The number of carbonyl (C=O) groups is 1. The number of carbonyl (C=O) groups excluding carboxylic acids is 1. The Kier molecular flexibility index (Phi) is 6.42. The second-order valence-corrected chi connectivity index (χ2v) is 9.25. The third kappa shape index (κ3) is 4.66. The fraction of sp³-hybridized carbons (Fsp3) is 0.240. The van der Waals surface area contributed by atoms with Crippen LogP contribution in [0.2, 0.25) is 0 Å². The van der Waals surface area contributed by atoms with E-state index in [1.807, 2.05) is 0 Å². The molecule has 0 N–H and O–H groups in total. The highest BCUT2D eigenvalue weighted by Crippen LogP contribution is 2.35. The van der Waals surface area contributed by atoms with Crippen molar-refractivity contribution in [3.8, 4) is 0 Å². The molecule has 3 aromatic rings. The zero-order valence-corrected chi connectivity index (χ0v) is 19.9. The number of halogens is 6. The van der Waals surface area contributed by atoms with Crippen LogP contribution in [0, 0.1) is 24.4 Å². The average molecular weight is 539 g/mol. The first-order valence-electron chi connectivity index (χ1n) is 10.4. The molecular weight excluding hydrogens is 519 g/mol. The molecule has 0 saturated heterocycles. The number of hydrogen-bond donors (Lipinski definition) is 0. The Morgan fingerprint density at radius 1 is 1.00 bits per heavy atom. The molecule has 0 atom stereocenters. The van der Waals surface area contributed by atoms with E-state index in [9.17, 15) is 26.7 Å². The highest BCUT2D eigenvalue weighted by atomic mass is 79.9. The van der Waals surface area contributed by atoms with Gasteiger partial charge in [-0.1, -0.05) is 28.1 Å². The molecule has 0 spiro atoms. The number of benzene rings is 3. The summed E-state index contributed by atoms with van der Waals surface area (Å²) in [5.74, 6) is -6.08. The molecule has 1 heterocycles. The number of ketones is 1. The van der Waals surface area contributed by atoms with E-state index in [4.69, 9.17) is 0 Å². The lowest BCUT2D eigenvalue weighted by atomic mass is 10.0. The largest absolute Gasteiger partial charge is 0.349 e. The Morgan fingerprint density at radius 3 is 2.32 bits per heavy atom. The number of alkyl halides is 2. The number of rotatable bonds is 4. The quantitative estimate of drug-likeness (QED) is 0.335. The monoisotopic (exact) mass is 538 g/mol. The summed E-state index contributed by atoms with van der Waals surface area (Å²) in [7, 11) is 0. The van der Waals surface area contributed by atoms with E-state index in [1.165, 1.54) is 34.1 Å². The molecule has 0 saturated carbocycles. The van der Waals surface area contributed by atoms with Crippen LogP contribution in [0.3, 0.4) is 0 Å². The van der Waals surface area contributed by atoms with E-state index >= 15 is 0 Å². The van der Waals surface area contributed by atoms with Crippen LogP contribution in [0.5, 0.6) is 0 Å². The molecule has 0 unspecified atom stereocenters. The van der Waals surface area contributed by atoms with Crippen molar-refractivity contribution in [1.82, 2.24) is 0 Å². The van der Waals surface area contributed by atoms with E-state index in [2.05, 4.69) is 15.9 Å². The molecule has 0 radical (unpaired) electrons. The van der Waals surface area contributed by atoms with Gasteiger partial charge in [0.05, 0.1) is 31.0 Å². The fourth-order valence-electron chi connectivity index (χ4n) is 4.14. The second-order valence-electron chi connectivity index (χ2n) is 8.33. The van der Waals surface area contributed by atoms with E-state index in [-0.39, 0.29) is 46.6 Å². The van der Waals surface area contributed by atoms with Crippen LogP contribution < -0.4 is 9.80 Å². The minimum atomic E-state index is -3.12. The highest BCUT2D eigenvalue weighted by Gasteiger charge is 2.31. The molecule has 34 heavy (non-hydrogen) atoms. The van der Waals surface area contributed by atoms with Crippen LogP contribution in [-0.2, 0) is 12.5 Å². The highest BCUT2D eigenvalue weighted by molar-refractivity contribution is 9.10. The maximum atomic E-state index is 14.7. The predicted octanol–water partition coefficient (Wildman–Crippen LogP) is 6.95. The van der Waals surface area contributed by atoms with Crippen LogP contribution in [0.15, 0.2) is 53.0 Å². The molecule has 178 valence electrons. The molecule has 0 amide bonds. The Morgan fingerprint density at radius 2 is 1.68 bits per heavy atom. The number of aryl methyl sites for hydroxylation is 1. The molecule has 4 rings (SSSR count). The molecule has 0 aromatic heterocycles. The van der Waals surface area contributed by atoms with Crippen molar-refractivity contribution in [2.75, 3.05) is 23.0 Å². The number of anilines is 2. The molecule has 0 fully saturated rings. The van der Waals surface area contributed by atoms with E-state index < -0.39 is 29.2 Å². The van der Waals surface area contributed by atoms with Crippen molar-refractivity contribution in [1.29, 1.82) is 0 Å². The summed E-state index contributed by atoms with van der Waals surface area (Å²) in [5.41, 5.74) is 0.172. The fourth-order valence-corrected chi connectivity index (χ4v) is 4.54. The lowest BCUT2D eigenvalue weighted by Gasteiger charge is -2.31. The van der Waals surface area contributed by atoms with Gasteiger partial charge in [-0.25, -0.2) is 22.0 Å². The summed E-state index contributed by atoms with van der Waals surface area (Å²) in [6.45, 7) is 1.64. The average Bonchev–Trinajstić information content (AvgIpc) is 2.87. The summed E-state index contributed by atoms with van der Waals surface area (Å²) in [6, 6.07) is 10.6. The van der Waals surface area contributed by atoms with Gasteiger partial charge < -0.3 is 9.80 Å². The third-order valence-corrected chi connectivity index (χ3v) is 6.26. The van der Waals surface area contributed by atoms with Crippen molar-refractivity contribution in [3.63, 3.8) is 0 Å². The van der Waals surface area contributed by atoms with Crippen molar-refractivity contribution < 1.29 is 26.7 Å². The van der Waals surface area contributed by atoms with Crippen LogP contribution in [0.4, 0.5) is 33.3 Å². The number of hydrogen-bond acceptors (Lipinski definition) is 3. The Bertz CT molecular complexity index is 1250. The summed E-state index contributed by atoms with van der Waals surface area (Å²) in [6.07, 6.45) is 0. The van der Waals surface area contributed by atoms with Crippen molar-refractivity contribution in [2.24, 2.45) is 0 Å². The number of nitrogens with zero attached hydrogens (tertiary/aromatic N) is 2. The first-order chi connectivity index (χ1) is 16.0. The minimum Gasteiger partial charge on any atom is -0.349 e. The lowest BCUT2D eigenvalue weighted by Crippen LogP contribution is -2.38. The van der Waals surface area contributed by atoms with Crippen LogP contribution in [-0.4, -0.2) is 19.0 Å². The zero-order chi connectivity index (χ0) is 24.8. The lowest BCUT2D eigenvalue weighted by molar-refractivity contribution is 0.0168. The van der Waals surface area contributed by atoms with E-state index in [0.29, 0.717) is 11.3 Å². The van der Waals surface area contributed by atoms with Crippen LogP contribution >= 0.6 is 15.9 Å². The Hall–Kier alpha value is -2.94. The van der Waals surface area contributed by atoms with Gasteiger partial charge in [0.15, 0.2) is 5.78 Å². The third-order valence-electron chi connectivity index (χ3n) is 5.80. The Labute approximate surface area is 201 Å². The normalized spacial score (nSPS) is 14.3. The first-order valence-corrected chi connectivity index (χ1v) is 11.2. The van der Waals surface area contributed by atoms with Gasteiger partial charge >= 0.3 is 0 Å². The smallest absolute Gasteiger partial charge is 0.270 e.